The van der Waals surface area contributed by atoms with Crippen LogP contribution in [0.15, 0.2) is 71.9 Å². The van der Waals surface area contributed by atoms with Crippen LogP contribution in [0.5, 0.6) is 5.75 Å². The molecule has 1 N–H and O–H groups in total. The second-order valence-electron chi connectivity index (χ2n) is 9.47. The Labute approximate surface area is 232 Å². The van der Waals surface area contributed by atoms with Crippen molar-refractivity contribution < 1.29 is 14.3 Å². The third-order valence-electron chi connectivity index (χ3n) is 7.00. The lowest BCUT2D eigenvalue weighted by Gasteiger charge is -2.18. The average molecular weight is 542 g/mol. The van der Waals surface area contributed by atoms with Gasteiger partial charge in [0.1, 0.15) is 5.75 Å². The van der Waals surface area contributed by atoms with Crippen molar-refractivity contribution in [3.05, 3.63) is 94.8 Å². The van der Waals surface area contributed by atoms with Crippen LogP contribution in [0.1, 0.15) is 28.1 Å². The Bertz CT molecular complexity index is 1500. The summed E-state index contributed by atoms with van der Waals surface area (Å²) in [6, 6.07) is 21.5. The number of methoxy groups -OCH3 is 1. The number of nitrogens with one attached hydrogen (secondary N) is 1. The predicted molar refractivity (Wildman–Crippen MR) is 153 cm³/mol. The highest BCUT2D eigenvalue weighted by Gasteiger charge is 2.25. The van der Waals surface area contributed by atoms with Crippen molar-refractivity contribution in [1.29, 1.82) is 0 Å². The molecule has 4 aromatic rings. The van der Waals surface area contributed by atoms with E-state index in [0.29, 0.717) is 17.5 Å². The van der Waals surface area contributed by atoms with E-state index >= 15 is 0 Å². The van der Waals surface area contributed by atoms with Gasteiger partial charge in [0, 0.05) is 12.2 Å². The average Bonchev–Trinajstić information content (AvgIpc) is 3.57. The van der Waals surface area contributed by atoms with E-state index in [1.54, 1.807) is 7.11 Å². The van der Waals surface area contributed by atoms with Gasteiger partial charge in [-0.05, 0) is 66.8 Å². The van der Waals surface area contributed by atoms with Crippen LogP contribution in [0.3, 0.4) is 0 Å². The van der Waals surface area contributed by atoms with E-state index in [9.17, 15) is 9.59 Å². The maximum Gasteiger partial charge on any atom is 0.237 e. The van der Waals surface area contributed by atoms with Gasteiger partial charge in [0.15, 0.2) is 11.0 Å². The molecule has 0 saturated carbocycles. The van der Waals surface area contributed by atoms with E-state index < -0.39 is 0 Å². The molecule has 5 rings (SSSR count). The predicted octanol–water partition coefficient (Wildman–Crippen LogP) is 4.43. The van der Waals surface area contributed by atoms with Crippen LogP contribution < -0.4 is 15.0 Å². The standard InChI is InChI=1S/C30H31N5O3S/c1-20-7-6-10-25(21(20)2)35-27(18-31-28(36)17-22-11-13-24(38-3)14-12-22)32-33-30(35)39-19-29(37)34-16-15-23-8-4-5-9-26(23)34/h4-14H,15-19H2,1-3H3,(H,31,36). The highest BCUT2D eigenvalue weighted by molar-refractivity contribution is 7.99. The number of carbonyl (C=O) groups is 2. The summed E-state index contributed by atoms with van der Waals surface area (Å²) in [6.45, 7) is 5.01. The smallest absolute Gasteiger partial charge is 0.237 e. The first kappa shape index (κ1) is 26.5. The lowest BCUT2D eigenvalue weighted by atomic mass is 10.1. The number of fused-ring (bicyclic) bond motifs is 1. The van der Waals surface area contributed by atoms with Crippen molar-refractivity contribution in [3.8, 4) is 11.4 Å². The van der Waals surface area contributed by atoms with Crippen LogP contribution in [0, 0.1) is 13.8 Å². The first-order chi connectivity index (χ1) is 18.9. The highest BCUT2D eigenvalue weighted by Crippen LogP contribution is 2.30. The summed E-state index contributed by atoms with van der Waals surface area (Å²) in [4.78, 5) is 27.7. The lowest BCUT2D eigenvalue weighted by Crippen LogP contribution is -2.30. The van der Waals surface area contributed by atoms with Crippen LogP contribution in [-0.4, -0.2) is 46.0 Å². The van der Waals surface area contributed by atoms with Crippen molar-refractivity contribution in [2.24, 2.45) is 0 Å². The number of aromatic nitrogens is 3. The van der Waals surface area contributed by atoms with Crippen molar-refractivity contribution >= 4 is 29.3 Å². The molecule has 200 valence electrons. The van der Waals surface area contributed by atoms with Gasteiger partial charge in [-0.25, -0.2) is 0 Å². The van der Waals surface area contributed by atoms with E-state index in [1.807, 2.05) is 64.1 Å². The topological polar surface area (TPSA) is 89.3 Å². The summed E-state index contributed by atoms with van der Waals surface area (Å²) in [7, 11) is 1.61. The van der Waals surface area contributed by atoms with Crippen LogP contribution in [-0.2, 0) is 29.0 Å². The monoisotopic (exact) mass is 541 g/mol. The normalized spacial score (nSPS) is 12.3. The van der Waals surface area contributed by atoms with Crippen molar-refractivity contribution in [3.63, 3.8) is 0 Å². The molecule has 1 aliphatic rings. The number of benzene rings is 3. The molecule has 0 aliphatic carbocycles. The summed E-state index contributed by atoms with van der Waals surface area (Å²) in [6.07, 6.45) is 1.11. The van der Waals surface area contributed by atoms with Gasteiger partial charge in [0.2, 0.25) is 11.8 Å². The molecule has 0 saturated heterocycles. The number of anilines is 1. The van der Waals surface area contributed by atoms with Crippen LogP contribution in [0.25, 0.3) is 5.69 Å². The second-order valence-corrected chi connectivity index (χ2v) is 10.4. The molecule has 1 aliphatic heterocycles. The van der Waals surface area contributed by atoms with E-state index in [4.69, 9.17) is 4.74 Å². The Balaban J connectivity index is 1.32. The molecular formula is C30H31N5O3S. The fourth-order valence-corrected chi connectivity index (χ4v) is 5.54. The van der Waals surface area contributed by atoms with Gasteiger partial charge in [-0.15, -0.1) is 10.2 Å². The number of hydrogen-bond donors (Lipinski definition) is 1. The maximum absolute atomic E-state index is 13.2. The number of carbonyl (C=O) groups excluding carboxylic acids is 2. The molecule has 0 spiro atoms. The molecule has 0 bridgehead atoms. The van der Waals surface area contributed by atoms with Crippen molar-refractivity contribution in [2.75, 3.05) is 24.3 Å². The maximum atomic E-state index is 13.2. The zero-order chi connectivity index (χ0) is 27.4. The lowest BCUT2D eigenvalue weighted by molar-refractivity contribution is -0.120. The minimum absolute atomic E-state index is 0.0369. The quantitative estimate of drug-likeness (QED) is 0.315. The molecule has 8 nitrogen and oxygen atoms in total. The van der Waals surface area contributed by atoms with Gasteiger partial charge < -0.3 is 15.0 Å². The minimum Gasteiger partial charge on any atom is -0.497 e. The first-order valence-corrected chi connectivity index (χ1v) is 13.8. The largest absolute Gasteiger partial charge is 0.497 e. The molecule has 0 unspecified atom stereocenters. The van der Waals surface area contributed by atoms with Gasteiger partial charge in [-0.3, -0.25) is 14.2 Å². The third kappa shape index (κ3) is 5.83. The number of amides is 2. The summed E-state index contributed by atoms with van der Waals surface area (Å²) in [5, 5.41) is 12.4. The minimum atomic E-state index is -0.118. The van der Waals surface area contributed by atoms with Crippen molar-refractivity contribution in [1.82, 2.24) is 20.1 Å². The Hall–Kier alpha value is -4.11. The molecular weight excluding hydrogens is 510 g/mol. The van der Waals surface area contributed by atoms with E-state index in [1.165, 1.54) is 17.3 Å². The second kappa shape index (κ2) is 11.7. The Morgan fingerprint density at radius 3 is 2.54 bits per heavy atom. The molecule has 0 radical (unpaired) electrons. The van der Waals surface area contributed by atoms with Gasteiger partial charge in [-0.1, -0.05) is 54.2 Å². The number of thioether (sulfide) groups is 1. The first-order valence-electron chi connectivity index (χ1n) is 12.9. The number of nitrogens with zero attached hydrogens (tertiary/aromatic N) is 4. The van der Waals surface area contributed by atoms with Crippen LogP contribution in [0.4, 0.5) is 5.69 Å². The van der Waals surface area contributed by atoms with E-state index in [2.05, 4.69) is 41.5 Å². The highest BCUT2D eigenvalue weighted by atomic mass is 32.2. The molecule has 0 atom stereocenters. The summed E-state index contributed by atoms with van der Waals surface area (Å²) < 4.78 is 7.14. The third-order valence-corrected chi connectivity index (χ3v) is 7.91. The number of aryl methyl sites for hydroxylation is 1. The Morgan fingerprint density at radius 1 is 0.974 bits per heavy atom. The molecule has 2 heterocycles. The molecule has 9 heteroatoms. The number of rotatable bonds is 9. The summed E-state index contributed by atoms with van der Waals surface area (Å²) >= 11 is 1.36. The van der Waals surface area contributed by atoms with Gasteiger partial charge >= 0.3 is 0 Å². The zero-order valence-corrected chi connectivity index (χ0v) is 23.1. The van der Waals surface area contributed by atoms with Crippen LogP contribution >= 0.6 is 11.8 Å². The van der Waals surface area contributed by atoms with Crippen LogP contribution in [0.2, 0.25) is 0 Å². The molecule has 0 fully saturated rings. The fraction of sp³-hybridized carbons (Fsp3) is 0.267. The molecule has 1 aromatic heterocycles. The number of para-hydroxylation sites is 1. The van der Waals surface area contributed by atoms with E-state index in [0.717, 1.165) is 40.2 Å². The molecule has 39 heavy (non-hydrogen) atoms. The summed E-state index contributed by atoms with van der Waals surface area (Å²) in [5.74, 6) is 1.51. The summed E-state index contributed by atoms with van der Waals surface area (Å²) in [5.41, 5.74) is 6.23. The Morgan fingerprint density at radius 2 is 1.74 bits per heavy atom. The molecule has 2 amide bonds. The fourth-order valence-electron chi connectivity index (χ4n) is 4.70. The van der Waals surface area contributed by atoms with Gasteiger partial charge in [0.25, 0.3) is 0 Å². The number of hydrogen-bond acceptors (Lipinski definition) is 6. The molecule has 3 aromatic carbocycles. The Kier molecular flexibility index (Phi) is 7.97. The van der Waals surface area contributed by atoms with Gasteiger partial charge in [-0.2, -0.15) is 0 Å². The van der Waals surface area contributed by atoms with Gasteiger partial charge in [0.05, 0.1) is 31.5 Å². The zero-order valence-electron chi connectivity index (χ0n) is 22.3. The SMILES string of the molecule is COc1ccc(CC(=O)NCc2nnc(SCC(=O)N3CCc4ccccc43)n2-c2cccc(C)c2C)cc1. The van der Waals surface area contributed by atoms with Crippen molar-refractivity contribution in [2.45, 2.75) is 38.4 Å². The number of ether oxygens (including phenoxy) is 1. The van der Waals surface area contributed by atoms with E-state index in [-0.39, 0.29) is 30.5 Å².